The van der Waals surface area contributed by atoms with Crippen molar-refractivity contribution < 1.29 is 8.78 Å². The highest BCUT2D eigenvalue weighted by atomic mass is 35.5. The molecule has 78 valence electrons. The van der Waals surface area contributed by atoms with E-state index in [2.05, 4.69) is 15.5 Å². The third kappa shape index (κ3) is 1.93. The van der Waals surface area contributed by atoms with E-state index in [1.165, 1.54) is 12.3 Å². The maximum absolute atomic E-state index is 13.3. The van der Waals surface area contributed by atoms with E-state index in [0.717, 1.165) is 0 Å². The van der Waals surface area contributed by atoms with Gasteiger partial charge in [-0.05, 0) is 6.07 Å². The van der Waals surface area contributed by atoms with Crippen LogP contribution in [0.25, 0.3) is 5.57 Å². The van der Waals surface area contributed by atoms with Gasteiger partial charge in [0.05, 0.1) is 12.2 Å². The van der Waals surface area contributed by atoms with Gasteiger partial charge in [0.1, 0.15) is 0 Å². The van der Waals surface area contributed by atoms with Gasteiger partial charge in [-0.2, -0.15) is 13.9 Å². The first-order valence-corrected chi connectivity index (χ1v) is 3.99. The molecule has 1 aromatic rings. The van der Waals surface area contributed by atoms with Gasteiger partial charge in [-0.3, -0.25) is 5.10 Å². The number of halogens is 3. The first-order chi connectivity index (χ1) is 6.20. The summed E-state index contributed by atoms with van der Waals surface area (Å²) < 4.78 is 26.5. The van der Waals surface area contributed by atoms with Crippen molar-refractivity contribution in [2.45, 2.75) is 5.92 Å². The first kappa shape index (κ1) is 11.1. The van der Waals surface area contributed by atoms with E-state index in [1.54, 1.807) is 6.07 Å². The van der Waals surface area contributed by atoms with Gasteiger partial charge in [0.25, 0.3) is 5.92 Å². The zero-order valence-electron chi connectivity index (χ0n) is 7.26. The fraction of sp³-hybridized carbons (Fsp3) is 0.375. The molecule has 0 bridgehead atoms. The quantitative estimate of drug-likeness (QED) is 0.754. The summed E-state index contributed by atoms with van der Waals surface area (Å²) in [5.74, 6) is -2.80. The molecule has 0 amide bonds. The molecular weight excluding hydrogens is 212 g/mol. The molecule has 0 atom stereocenters. The number of alkyl halides is 2. The second-order valence-corrected chi connectivity index (χ2v) is 2.92. The summed E-state index contributed by atoms with van der Waals surface area (Å²) >= 11 is 0. The number of nitrogens with one attached hydrogen (secondary N) is 2. The fourth-order valence-electron chi connectivity index (χ4n) is 1.36. The largest absolute Gasteiger partial charge is 0.307 e. The minimum absolute atomic E-state index is 0. The highest BCUT2D eigenvalue weighted by Crippen LogP contribution is 2.32. The van der Waals surface area contributed by atoms with Gasteiger partial charge in [0.15, 0.2) is 0 Å². The number of hydrogen-bond donors (Lipinski definition) is 2. The third-order valence-corrected chi connectivity index (χ3v) is 1.98. The number of aromatic nitrogens is 2. The number of H-pyrrole nitrogens is 1. The number of nitrogens with zero attached hydrogens (tertiary/aromatic N) is 1. The van der Waals surface area contributed by atoms with Crippen LogP contribution in [0.3, 0.4) is 0 Å². The predicted octanol–water partition coefficient (Wildman–Crippen LogP) is 1.45. The minimum Gasteiger partial charge on any atom is -0.307 e. The summed E-state index contributed by atoms with van der Waals surface area (Å²) in [7, 11) is 0. The third-order valence-electron chi connectivity index (χ3n) is 1.98. The monoisotopic (exact) mass is 221 g/mol. The van der Waals surface area contributed by atoms with Crippen LogP contribution in [0.2, 0.25) is 0 Å². The Labute approximate surface area is 86.0 Å². The fourth-order valence-corrected chi connectivity index (χ4v) is 1.36. The molecule has 3 nitrogen and oxygen atoms in total. The molecular formula is C8H10ClF2N3. The Morgan fingerprint density at radius 3 is 2.79 bits per heavy atom. The van der Waals surface area contributed by atoms with Crippen LogP contribution in [0.15, 0.2) is 18.3 Å². The van der Waals surface area contributed by atoms with Crippen molar-refractivity contribution in [2.75, 3.05) is 13.1 Å². The lowest BCUT2D eigenvalue weighted by atomic mass is 10.0. The molecule has 0 aliphatic carbocycles. The van der Waals surface area contributed by atoms with Crippen LogP contribution in [0.1, 0.15) is 5.69 Å². The van der Waals surface area contributed by atoms with Crippen LogP contribution in [-0.4, -0.2) is 29.2 Å². The molecule has 2 rings (SSSR count). The van der Waals surface area contributed by atoms with Crippen LogP contribution in [-0.2, 0) is 0 Å². The van der Waals surface area contributed by atoms with Crippen LogP contribution < -0.4 is 5.32 Å². The molecule has 0 saturated carbocycles. The van der Waals surface area contributed by atoms with E-state index in [-0.39, 0.29) is 24.5 Å². The van der Waals surface area contributed by atoms with E-state index in [1.807, 2.05) is 0 Å². The molecule has 1 aromatic heterocycles. The molecule has 6 heteroatoms. The van der Waals surface area contributed by atoms with E-state index >= 15 is 0 Å². The van der Waals surface area contributed by atoms with Gasteiger partial charge in [0.2, 0.25) is 0 Å². The predicted molar refractivity (Wildman–Crippen MR) is 51.6 cm³/mol. The lowest BCUT2D eigenvalue weighted by Crippen LogP contribution is -2.38. The maximum Gasteiger partial charge on any atom is 0.287 e. The molecule has 0 aromatic carbocycles. The summed E-state index contributed by atoms with van der Waals surface area (Å²) in [6.45, 7) is 0.168. The lowest BCUT2D eigenvalue weighted by molar-refractivity contribution is 0.0633. The maximum atomic E-state index is 13.3. The Morgan fingerprint density at radius 2 is 2.21 bits per heavy atom. The summed E-state index contributed by atoms with van der Waals surface area (Å²) in [5.41, 5.74) is 0.426. The lowest BCUT2D eigenvalue weighted by Gasteiger charge is -2.23. The van der Waals surface area contributed by atoms with Crippen molar-refractivity contribution in [3.05, 3.63) is 24.0 Å². The van der Waals surface area contributed by atoms with Gasteiger partial charge in [-0.15, -0.1) is 12.4 Å². The number of rotatable bonds is 1. The molecule has 2 N–H and O–H groups in total. The zero-order chi connectivity index (χ0) is 9.31. The number of hydrogen-bond acceptors (Lipinski definition) is 2. The SMILES string of the molecule is Cl.FC1(F)CNCC=C1c1ccn[nH]1. The highest BCUT2D eigenvalue weighted by molar-refractivity contribution is 5.85. The Morgan fingerprint density at radius 1 is 1.43 bits per heavy atom. The molecule has 0 spiro atoms. The standard InChI is InChI=1S/C8H9F2N3.ClH/c9-8(10)5-11-3-1-6(8)7-2-4-12-13-7;/h1-2,4,11H,3,5H2,(H,12,13);1H. The molecule has 1 aliphatic rings. The number of aromatic amines is 1. The molecule has 0 saturated heterocycles. The van der Waals surface area contributed by atoms with Gasteiger partial charge < -0.3 is 5.32 Å². The summed E-state index contributed by atoms with van der Waals surface area (Å²) in [4.78, 5) is 0. The van der Waals surface area contributed by atoms with Crippen molar-refractivity contribution in [1.29, 1.82) is 0 Å². The van der Waals surface area contributed by atoms with Crippen LogP contribution in [0.5, 0.6) is 0 Å². The summed E-state index contributed by atoms with van der Waals surface area (Å²) in [6.07, 6.45) is 2.95. The van der Waals surface area contributed by atoms with Crippen LogP contribution in [0.4, 0.5) is 8.78 Å². The Bertz CT molecular complexity index is 321. The molecule has 1 aliphatic heterocycles. The van der Waals surface area contributed by atoms with Crippen LogP contribution >= 0.6 is 12.4 Å². The molecule has 0 radical (unpaired) electrons. The average molecular weight is 222 g/mol. The van der Waals surface area contributed by atoms with Crippen LogP contribution in [0, 0.1) is 0 Å². The van der Waals surface area contributed by atoms with E-state index in [4.69, 9.17) is 0 Å². The smallest absolute Gasteiger partial charge is 0.287 e. The van der Waals surface area contributed by atoms with Gasteiger partial charge >= 0.3 is 0 Å². The van der Waals surface area contributed by atoms with Gasteiger partial charge in [-0.1, -0.05) is 6.08 Å². The van der Waals surface area contributed by atoms with Crippen molar-refractivity contribution in [3.63, 3.8) is 0 Å². The molecule has 2 heterocycles. The Balaban J connectivity index is 0.000000980. The first-order valence-electron chi connectivity index (χ1n) is 3.99. The van der Waals surface area contributed by atoms with Gasteiger partial charge in [0, 0.05) is 18.3 Å². The highest BCUT2D eigenvalue weighted by Gasteiger charge is 2.37. The van der Waals surface area contributed by atoms with Crippen molar-refractivity contribution >= 4 is 18.0 Å². The minimum atomic E-state index is -2.80. The molecule has 0 fully saturated rings. The van der Waals surface area contributed by atoms with E-state index in [9.17, 15) is 8.78 Å². The second-order valence-electron chi connectivity index (χ2n) is 2.92. The van der Waals surface area contributed by atoms with Gasteiger partial charge in [-0.25, -0.2) is 0 Å². The van der Waals surface area contributed by atoms with Crippen molar-refractivity contribution in [3.8, 4) is 0 Å². The summed E-state index contributed by atoms with van der Waals surface area (Å²) in [5, 5.41) is 8.79. The average Bonchev–Trinajstić information content (AvgIpc) is 2.55. The Kier molecular flexibility index (Phi) is 3.23. The van der Waals surface area contributed by atoms with Crippen molar-refractivity contribution in [1.82, 2.24) is 15.5 Å². The molecule has 0 unspecified atom stereocenters. The normalized spacial score (nSPS) is 19.7. The van der Waals surface area contributed by atoms with E-state index < -0.39 is 5.92 Å². The topological polar surface area (TPSA) is 40.7 Å². The zero-order valence-corrected chi connectivity index (χ0v) is 8.07. The van der Waals surface area contributed by atoms with Crippen molar-refractivity contribution in [2.24, 2.45) is 0 Å². The summed E-state index contributed by atoms with van der Waals surface area (Å²) in [6, 6.07) is 1.55. The van der Waals surface area contributed by atoms with E-state index in [0.29, 0.717) is 12.2 Å². The Hall–Kier alpha value is -0.940. The molecule has 14 heavy (non-hydrogen) atoms. The second kappa shape index (κ2) is 4.06.